The van der Waals surface area contributed by atoms with Crippen LogP contribution in [0, 0.1) is 0 Å². The van der Waals surface area contributed by atoms with Gasteiger partial charge in [0.25, 0.3) is 10.2 Å². The molecule has 0 bridgehead atoms. The number of aryl methyl sites for hydroxylation is 2. The van der Waals surface area contributed by atoms with Crippen LogP contribution in [0.4, 0.5) is 5.82 Å². The van der Waals surface area contributed by atoms with Gasteiger partial charge in [0.2, 0.25) is 0 Å². The molecule has 1 aliphatic heterocycles. The Morgan fingerprint density at radius 3 is 2.57 bits per heavy atom. The average molecular weight is 339 g/mol. The third-order valence-corrected chi connectivity index (χ3v) is 6.26. The molecule has 0 unspecified atom stereocenters. The molecule has 1 aromatic heterocycles. The number of hydrogen-bond donors (Lipinski definition) is 1. The minimum absolute atomic E-state index is 0.00997. The molecule has 2 aliphatic rings. The largest absolute Gasteiger partial charge is 0.355 e. The van der Waals surface area contributed by atoms with Crippen LogP contribution < -0.4 is 9.62 Å². The number of anilines is 1. The highest BCUT2D eigenvalue weighted by atomic mass is 32.2. The van der Waals surface area contributed by atoms with Gasteiger partial charge in [0.05, 0.1) is 5.69 Å². The van der Waals surface area contributed by atoms with E-state index in [1.54, 1.807) is 14.1 Å². The fraction of sp³-hybridized carbons (Fsp3) is 0.733. The quantitative estimate of drug-likeness (QED) is 0.874. The van der Waals surface area contributed by atoms with E-state index in [0.717, 1.165) is 50.3 Å². The van der Waals surface area contributed by atoms with Crippen molar-refractivity contribution < 1.29 is 8.42 Å². The smallest absolute Gasteiger partial charge is 0.279 e. The van der Waals surface area contributed by atoms with E-state index in [4.69, 9.17) is 0 Å². The first-order valence-electron chi connectivity index (χ1n) is 8.26. The highest BCUT2D eigenvalue weighted by molar-refractivity contribution is 7.87. The first-order chi connectivity index (χ1) is 11.0. The molecular formula is C15H25N5O2S. The van der Waals surface area contributed by atoms with Gasteiger partial charge in [0.1, 0.15) is 0 Å². The molecule has 23 heavy (non-hydrogen) atoms. The van der Waals surface area contributed by atoms with Crippen LogP contribution in [-0.2, 0) is 23.1 Å². The molecule has 0 atom stereocenters. The molecule has 0 amide bonds. The van der Waals surface area contributed by atoms with E-state index in [9.17, 15) is 8.42 Å². The first-order valence-corrected chi connectivity index (χ1v) is 9.70. The summed E-state index contributed by atoms with van der Waals surface area (Å²) < 4.78 is 27.7. The Labute approximate surface area is 138 Å². The lowest BCUT2D eigenvalue weighted by molar-refractivity contribution is 0.435. The molecule has 8 heteroatoms. The summed E-state index contributed by atoms with van der Waals surface area (Å²) >= 11 is 0. The lowest BCUT2D eigenvalue weighted by Crippen LogP contribution is -2.48. The van der Waals surface area contributed by atoms with Crippen LogP contribution in [0.2, 0.25) is 0 Å². The lowest BCUT2D eigenvalue weighted by atomic mass is 9.96. The second kappa shape index (κ2) is 6.70. The summed E-state index contributed by atoms with van der Waals surface area (Å²) in [5.74, 6) is 0.930. The van der Waals surface area contributed by atoms with E-state index in [1.807, 2.05) is 0 Å². The van der Waals surface area contributed by atoms with E-state index >= 15 is 0 Å². The third-order valence-electron chi connectivity index (χ3n) is 4.67. The van der Waals surface area contributed by atoms with Gasteiger partial charge in [0, 0.05) is 33.2 Å². The zero-order chi connectivity index (χ0) is 16.4. The van der Waals surface area contributed by atoms with E-state index in [2.05, 4.69) is 25.9 Å². The van der Waals surface area contributed by atoms with Crippen LogP contribution in [0.3, 0.4) is 0 Å². The molecule has 0 saturated carbocycles. The monoisotopic (exact) mass is 339 g/mol. The molecule has 1 aliphatic carbocycles. The maximum atomic E-state index is 11.9. The van der Waals surface area contributed by atoms with Crippen molar-refractivity contribution in [1.82, 2.24) is 19.2 Å². The van der Waals surface area contributed by atoms with Crippen molar-refractivity contribution in [2.75, 3.05) is 32.1 Å². The molecule has 0 radical (unpaired) electrons. The van der Waals surface area contributed by atoms with Gasteiger partial charge in [-0.05, 0) is 50.2 Å². The van der Waals surface area contributed by atoms with E-state index in [1.165, 1.54) is 22.7 Å². The summed E-state index contributed by atoms with van der Waals surface area (Å²) in [6.07, 6.45) is 6.14. The van der Waals surface area contributed by atoms with Gasteiger partial charge in [-0.1, -0.05) is 0 Å². The standard InChI is InChI=1S/C15H25N5O2S/c1-19(2)23(21,22)18-13-7-9-20(10-8-13)15-11-12-5-3-4-6-14(12)16-17-15/h11,13,18H,3-10H2,1-2H3. The number of piperidine rings is 1. The Morgan fingerprint density at radius 2 is 1.87 bits per heavy atom. The Balaban J connectivity index is 1.61. The van der Waals surface area contributed by atoms with Gasteiger partial charge in [-0.2, -0.15) is 22.5 Å². The van der Waals surface area contributed by atoms with E-state index in [-0.39, 0.29) is 6.04 Å². The molecule has 128 valence electrons. The van der Waals surface area contributed by atoms with Gasteiger partial charge >= 0.3 is 0 Å². The Kier molecular flexibility index (Phi) is 4.84. The normalized spacial score (nSPS) is 19.9. The Bertz CT molecular complexity index is 654. The molecule has 2 heterocycles. The SMILES string of the molecule is CN(C)S(=O)(=O)NC1CCN(c2cc3c(nn2)CCCC3)CC1. The van der Waals surface area contributed by atoms with Gasteiger partial charge < -0.3 is 4.90 Å². The summed E-state index contributed by atoms with van der Waals surface area (Å²) in [7, 11) is -0.272. The lowest BCUT2D eigenvalue weighted by Gasteiger charge is -2.33. The van der Waals surface area contributed by atoms with Crippen LogP contribution in [0.5, 0.6) is 0 Å². The number of hydrogen-bond acceptors (Lipinski definition) is 5. The highest BCUT2D eigenvalue weighted by Crippen LogP contribution is 2.24. The minimum atomic E-state index is -3.36. The zero-order valence-corrected chi connectivity index (χ0v) is 14.6. The Hall–Kier alpha value is -1.25. The number of aromatic nitrogens is 2. The summed E-state index contributed by atoms with van der Waals surface area (Å²) in [4.78, 5) is 2.21. The first kappa shape index (κ1) is 16.6. The van der Waals surface area contributed by atoms with Crippen molar-refractivity contribution in [3.8, 4) is 0 Å². The predicted molar refractivity (Wildman–Crippen MR) is 89.7 cm³/mol. The summed E-state index contributed by atoms with van der Waals surface area (Å²) in [5, 5.41) is 8.76. The van der Waals surface area contributed by atoms with Gasteiger partial charge in [-0.25, -0.2) is 0 Å². The molecule has 1 aromatic rings. The molecule has 3 rings (SSSR count). The summed E-state index contributed by atoms with van der Waals surface area (Å²) in [5.41, 5.74) is 2.48. The van der Waals surface area contributed by atoms with Gasteiger partial charge in [-0.3, -0.25) is 0 Å². The van der Waals surface area contributed by atoms with Crippen molar-refractivity contribution in [2.45, 2.75) is 44.6 Å². The molecule has 0 aromatic carbocycles. The van der Waals surface area contributed by atoms with Crippen molar-refractivity contribution in [2.24, 2.45) is 0 Å². The van der Waals surface area contributed by atoms with Gasteiger partial charge in [-0.15, -0.1) is 5.10 Å². The van der Waals surface area contributed by atoms with Crippen LogP contribution in [0.1, 0.15) is 36.9 Å². The zero-order valence-electron chi connectivity index (χ0n) is 13.8. The maximum Gasteiger partial charge on any atom is 0.279 e. The van der Waals surface area contributed by atoms with Crippen molar-refractivity contribution >= 4 is 16.0 Å². The predicted octanol–water partition coefficient (Wildman–Crippen LogP) is 0.720. The topological polar surface area (TPSA) is 78.4 Å². The Morgan fingerprint density at radius 1 is 1.17 bits per heavy atom. The molecular weight excluding hydrogens is 314 g/mol. The van der Waals surface area contributed by atoms with Crippen LogP contribution in [0.25, 0.3) is 0 Å². The number of fused-ring (bicyclic) bond motifs is 1. The van der Waals surface area contributed by atoms with E-state index < -0.39 is 10.2 Å². The van der Waals surface area contributed by atoms with Crippen LogP contribution in [0.15, 0.2) is 6.07 Å². The molecule has 1 fully saturated rings. The second-order valence-corrected chi connectivity index (χ2v) is 8.46. The fourth-order valence-corrected chi connectivity index (χ4v) is 4.04. The molecule has 1 N–H and O–H groups in total. The van der Waals surface area contributed by atoms with Crippen molar-refractivity contribution in [3.63, 3.8) is 0 Å². The number of rotatable bonds is 4. The third kappa shape index (κ3) is 3.81. The van der Waals surface area contributed by atoms with Gasteiger partial charge in [0.15, 0.2) is 5.82 Å². The fourth-order valence-electron chi connectivity index (χ4n) is 3.18. The second-order valence-electron chi connectivity index (χ2n) is 6.55. The summed E-state index contributed by atoms with van der Waals surface area (Å²) in [6.45, 7) is 1.60. The number of nitrogens with one attached hydrogen (secondary N) is 1. The minimum Gasteiger partial charge on any atom is -0.355 e. The average Bonchev–Trinajstić information content (AvgIpc) is 2.54. The summed E-state index contributed by atoms with van der Waals surface area (Å²) in [6, 6.07) is 2.16. The van der Waals surface area contributed by atoms with Crippen molar-refractivity contribution in [1.29, 1.82) is 0 Å². The van der Waals surface area contributed by atoms with Crippen LogP contribution in [-0.4, -0.2) is 56.1 Å². The maximum absolute atomic E-state index is 11.9. The van der Waals surface area contributed by atoms with Crippen LogP contribution >= 0.6 is 0 Å². The van der Waals surface area contributed by atoms with Crippen molar-refractivity contribution in [3.05, 3.63) is 17.3 Å². The van der Waals surface area contributed by atoms with E-state index in [0.29, 0.717) is 0 Å². The molecule has 7 nitrogen and oxygen atoms in total. The molecule has 0 spiro atoms. The number of nitrogens with zero attached hydrogens (tertiary/aromatic N) is 4. The molecule has 1 saturated heterocycles. The highest BCUT2D eigenvalue weighted by Gasteiger charge is 2.26.